The van der Waals surface area contributed by atoms with Crippen molar-refractivity contribution in [2.75, 3.05) is 5.32 Å². The van der Waals surface area contributed by atoms with Crippen molar-refractivity contribution in [3.63, 3.8) is 0 Å². The van der Waals surface area contributed by atoms with Crippen LogP contribution in [0.1, 0.15) is 16.3 Å². The van der Waals surface area contributed by atoms with Crippen molar-refractivity contribution >= 4 is 11.6 Å². The van der Waals surface area contributed by atoms with E-state index in [0.29, 0.717) is 5.69 Å². The highest BCUT2D eigenvalue weighted by atomic mass is 16.2. The van der Waals surface area contributed by atoms with Crippen LogP contribution in [-0.2, 0) is 7.05 Å². The lowest BCUT2D eigenvalue weighted by molar-refractivity contribution is 0.101. The number of carbonyl (C=O) groups is 1. The molecule has 2 N–H and O–H groups in total. The second kappa shape index (κ2) is 3.48. The lowest BCUT2D eigenvalue weighted by atomic mass is 10.4. The lowest BCUT2D eigenvalue weighted by Crippen LogP contribution is -2.14. The average Bonchev–Trinajstić information content (AvgIpc) is 2.76. The van der Waals surface area contributed by atoms with Crippen LogP contribution in [0.25, 0.3) is 0 Å². The summed E-state index contributed by atoms with van der Waals surface area (Å²) >= 11 is 0. The summed E-state index contributed by atoms with van der Waals surface area (Å²) in [5, 5.41) is 19.3. The summed E-state index contributed by atoms with van der Waals surface area (Å²) in [4.78, 5) is 11.5. The molecule has 2 aromatic heterocycles. The van der Waals surface area contributed by atoms with Gasteiger partial charge in [0.2, 0.25) is 0 Å². The number of aromatic amines is 1. The third-order valence-corrected chi connectivity index (χ3v) is 1.81. The number of carbonyl (C=O) groups excluding carboxylic acids is 1. The third kappa shape index (κ3) is 1.82. The number of rotatable bonds is 2. The van der Waals surface area contributed by atoms with Gasteiger partial charge in [-0.05, 0) is 12.1 Å². The van der Waals surface area contributed by atoms with E-state index in [2.05, 4.69) is 31.0 Å². The smallest absolute Gasteiger partial charge is 0.297 e. The van der Waals surface area contributed by atoms with Crippen LogP contribution in [0.2, 0.25) is 0 Å². The van der Waals surface area contributed by atoms with Crippen LogP contribution in [0.5, 0.6) is 0 Å². The fraction of sp³-hybridized carbons (Fsp3) is 0.286. The molecule has 15 heavy (non-hydrogen) atoms. The first-order chi connectivity index (χ1) is 7.16. The summed E-state index contributed by atoms with van der Waals surface area (Å²) in [6.45, 7) is 1.80. The predicted octanol–water partition coefficient (Wildman–Crippen LogP) is -0.506. The molecule has 0 aliphatic carbocycles. The number of amides is 1. The van der Waals surface area contributed by atoms with Gasteiger partial charge in [0.15, 0.2) is 0 Å². The standard InChI is InChI=1S/C7H9N7O/c1-4-5(3-14(2)11-4)8-7(15)6-9-12-13-10-6/h3H,1-2H3,(H,8,15)(H,9,10,12,13). The molecule has 0 fully saturated rings. The summed E-state index contributed by atoms with van der Waals surface area (Å²) in [6, 6.07) is 0. The Balaban J connectivity index is 2.16. The van der Waals surface area contributed by atoms with E-state index in [1.54, 1.807) is 24.9 Å². The fourth-order valence-corrected chi connectivity index (χ4v) is 1.16. The number of hydrogen-bond donors (Lipinski definition) is 2. The zero-order chi connectivity index (χ0) is 10.8. The second-order valence-electron chi connectivity index (χ2n) is 2.99. The zero-order valence-corrected chi connectivity index (χ0v) is 8.22. The molecule has 0 radical (unpaired) electrons. The van der Waals surface area contributed by atoms with E-state index in [1.807, 2.05) is 0 Å². The predicted molar refractivity (Wildman–Crippen MR) is 50.1 cm³/mol. The van der Waals surface area contributed by atoms with Gasteiger partial charge in [-0.25, -0.2) is 0 Å². The van der Waals surface area contributed by atoms with Gasteiger partial charge in [-0.2, -0.15) is 10.3 Å². The minimum atomic E-state index is -0.417. The molecule has 0 atom stereocenters. The van der Waals surface area contributed by atoms with Crippen LogP contribution in [0, 0.1) is 6.92 Å². The first-order valence-electron chi connectivity index (χ1n) is 4.22. The molecule has 8 heteroatoms. The molecule has 0 aliphatic rings. The minimum absolute atomic E-state index is 0.00162. The zero-order valence-electron chi connectivity index (χ0n) is 8.22. The van der Waals surface area contributed by atoms with Gasteiger partial charge in [-0.1, -0.05) is 0 Å². The number of aryl methyl sites for hydroxylation is 2. The van der Waals surface area contributed by atoms with Crippen molar-refractivity contribution in [2.45, 2.75) is 6.92 Å². The minimum Gasteiger partial charge on any atom is -0.316 e. The van der Waals surface area contributed by atoms with Gasteiger partial charge in [-0.15, -0.1) is 10.2 Å². The second-order valence-corrected chi connectivity index (χ2v) is 2.99. The Morgan fingerprint density at radius 2 is 2.40 bits per heavy atom. The Bertz CT molecular complexity index is 471. The van der Waals surface area contributed by atoms with E-state index in [1.165, 1.54) is 0 Å². The first-order valence-corrected chi connectivity index (χ1v) is 4.22. The third-order valence-electron chi connectivity index (χ3n) is 1.81. The molecular weight excluding hydrogens is 198 g/mol. The van der Waals surface area contributed by atoms with E-state index in [9.17, 15) is 4.79 Å². The highest BCUT2D eigenvalue weighted by molar-refractivity contribution is 6.01. The number of nitrogens with zero attached hydrogens (tertiary/aromatic N) is 5. The summed E-state index contributed by atoms with van der Waals surface area (Å²) in [5.74, 6) is -0.418. The molecule has 78 valence electrons. The van der Waals surface area contributed by atoms with Crippen molar-refractivity contribution in [1.82, 2.24) is 30.4 Å². The molecule has 0 saturated carbocycles. The fourth-order valence-electron chi connectivity index (χ4n) is 1.16. The van der Waals surface area contributed by atoms with Gasteiger partial charge in [0.25, 0.3) is 11.7 Å². The van der Waals surface area contributed by atoms with Gasteiger partial charge in [0.1, 0.15) is 0 Å². The molecule has 2 aromatic rings. The average molecular weight is 207 g/mol. The maximum atomic E-state index is 11.5. The molecule has 0 aliphatic heterocycles. The molecule has 2 heterocycles. The topological polar surface area (TPSA) is 101 Å². The van der Waals surface area contributed by atoms with Crippen molar-refractivity contribution in [3.8, 4) is 0 Å². The Morgan fingerprint density at radius 3 is 2.93 bits per heavy atom. The maximum Gasteiger partial charge on any atom is 0.297 e. The normalized spacial score (nSPS) is 10.3. The van der Waals surface area contributed by atoms with Crippen molar-refractivity contribution in [3.05, 3.63) is 17.7 Å². The number of H-pyrrole nitrogens is 1. The number of aromatic nitrogens is 6. The molecule has 0 unspecified atom stereocenters. The number of hydrogen-bond acceptors (Lipinski definition) is 5. The number of nitrogens with one attached hydrogen (secondary N) is 2. The van der Waals surface area contributed by atoms with Crippen LogP contribution in [0.15, 0.2) is 6.20 Å². The van der Waals surface area contributed by atoms with Gasteiger partial charge < -0.3 is 5.32 Å². The molecule has 2 rings (SSSR count). The van der Waals surface area contributed by atoms with Crippen LogP contribution >= 0.6 is 0 Å². The van der Waals surface area contributed by atoms with E-state index < -0.39 is 5.91 Å². The van der Waals surface area contributed by atoms with Gasteiger partial charge in [0, 0.05) is 13.2 Å². The lowest BCUT2D eigenvalue weighted by Gasteiger charge is -1.97. The maximum absolute atomic E-state index is 11.5. The highest BCUT2D eigenvalue weighted by Crippen LogP contribution is 2.11. The summed E-state index contributed by atoms with van der Waals surface area (Å²) in [6.07, 6.45) is 1.70. The largest absolute Gasteiger partial charge is 0.316 e. The first kappa shape index (κ1) is 9.31. The molecular formula is C7H9N7O. The quantitative estimate of drug-likeness (QED) is 0.690. The van der Waals surface area contributed by atoms with Gasteiger partial charge in [-0.3, -0.25) is 9.48 Å². The molecule has 0 saturated heterocycles. The molecule has 0 aromatic carbocycles. The van der Waals surface area contributed by atoms with Gasteiger partial charge in [0.05, 0.1) is 11.4 Å². The Labute approximate surface area is 84.7 Å². The molecule has 0 bridgehead atoms. The van der Waals surface area contributed by atoms with Crippen molar-refractivity contribution < 1.29 is 4.79 Å². The highest BCUT2D eigenvalue weighted by Gasteiger charge is 2.13. The van der Waals surface area contributed by atoms with E-state index >= 15 is 0 Å². The van der Waals surface area contributed by atoms with Crippen LogP contribution in [0.4, 0.5) is 5.69 Å². The van der Waals surface area contributed by atoms with Crippen molar-refractivity contribution in [2.24, 2.45) is 7.05 Å². The van der Waals surface area contributed by atoms with Crippen LogP contribution < -0.4 is 5.32 Å². The Morgan fingerprint density at radius 1 is 1.60 bits per heavy atom. The molecule has 1 amide bonds. The van der Waals surface area contributed by atoms with E-state index in [-0.39, 0.29) is 5.82 Å². The Kier molecular flexibility index (Phi) is 2.16. The van der Waals surface area contributed by atoms with Gasteiger partial charge >= 0.3 is 0 Å². The van der Waals surface area contributed by atoms with Crippen molar-refractivity contribution in [1.29, 1.82) is 0 Å². The number of tetrazole rings is 1. The molecule has 8 nitrogen and oxygen atoms in total. The monoisotopic (exact) mass is 207 g/mol. The Hall–Kier alpha value is -2.25. The summed E-state index contributed by atoms with van der Waals surface area (Å²) in [5.41, 5.74) is 1.36. The molecule has 0 spiro atoms. The van der Waals surface area contributed by atoms with Crippen LogP contribution in [-0.4, -0.2) is 36.3 Å². The van der Waals surface area contributed by atoms with Crippen LogP contribution in [0.3, 0.4) is 0 Å². The number of anilines is 1. The van der Waals surface area contributed by atoms with E-state index in [4.69, 9.17) is 0 Å². The SMILES string of the molecule is Cc1nn(C)cc1NC(=O)c1nn[nH]n1. The summed E-state index contributed by atoms with van der Waals surface area (Å²) in [7, 11) is 1.77. The van der Waals surface area contributed by atoms with E-state index in [0.717, 1.165) is 5.69 Å². The summed E-state index contributed by atoms with van der Waals surface area (Å²) < 4.78 is 1.61.